The number of amides is 3. The molecule has 0 aliphatic heterocycles. The summed E-state index contributed by atoms with van der Waals surface area (Å²) in [6, 6.07) is 9.84. The van der Waals surface area contributed by atoms with Crippen molar-refractivity contribution in [1.29, 1.82) is 0 Å². The van der Waals surface area contributed by atoms with Crippen LogP contribution in [0.5, 0.6) is 0 Å². The molecule has 4 aliphatic carbocycles. The molecule has 3 N–H and O–H groups in total. The predicted octanol–water partition coefficient (Wildman–Crippen LogP) is 11.8. The number of rotatable bonds is 10. The number of benzene rings is 2. The predicted molar refractivity (Wildman–Crippen MR) is 213 cm³/mol. The van der Waals surface area contributed by atoms with Gasteiger partial charge < -0.3 is 14.8 Å². The highest BCUT2D eigenvalue weighted by Gasteiger charge is 2.65. The van der Waals surface area contributed by atoms with E-state index in [0.29, 0.717) is 74.0 Å². The average molecular weight is 808 g/mol. The van der Waals surface area contributed by atoms with E-state index in [1.165, 1.54) is 0 Å². The van der Waals surface area contributed by atoms with E-state index in [-0.39, 0.29) is 34.9 Å². The van der Waals surface area contributed by atoms with Crippen LogP contribution in [0.4, 0.5) is 21.0 Å². The molecule has 0 bridgehead atoms. The van der Waals surface area contributed by atoms with Gasteiger partial charge in [-0.25, -0.2) is 9.59 Å². The van der Waals surface area contributed by atoms with Crippen LogP contribution in [0, 0.1) is 46.3 Å². The molecule has 6 rings (SSSR count). The average Bonchev–Trinajstić information content (AvgIpc) is 3.44. The van der Waals surface area contributed by atoms with Gasteiger partial charge in [0.15, 0.2) is 0 Å². The molecular weight excluding hydrogens is 756 g/mol. The summed E-state index contributed by atoms with van der Waals surface area (Å²) in [5.41, 5.74) is 0.724. The zero-order chi connectivity index (χ0) is 38.1. The highest BCUT2D eigenvalue weighted by atomic mass is 35.5. The Morgan fingerprint density at radius 2 is 1.43 bits per heavy atom. The van der Waals surface area contributed by atoms with Gasteiger partial charge in [0.05, 0.1) is 0 Å². The van der Waals surface area contributed by atoms with Gasteiger partial charge in [0.1, 0.15) is 12.2 Å². The first-order valence-corrected chi connectivity index (χ1v) is 20.5. The van der Waals surface area contributed by atoms with Crippen LogP contribution in [0.1, 0.15) is 85.0 Å². The van der Waals surface area contributed by atoms with E-state index in [4.69, 9.17) is 55.9 Å². The van der Waals surface area contributed by atoms with E-state index in [1.807, 2.05) is 0 Å². The van der Waals surface area contributed by atoms with Gasteiger partial charge in [-0.3, -0.25) is 15.4 Å². The van der Waals surface area contributed by atoms with Crippen molar-refractivity contribution in [3.8, 4) is 0 Å². The number of hydrogen-bond donors (Lipinski definition) is 3. The SMILES string of the molecule is C=CCNC(=O)CC[C@@H](C)[C@H]1CC[C@H]2[C@@H]3CC[C@@H]4C[C@H](OC(=O)Nc5cc(Cl)cc(Cl)c5)CC[C@]4(C)[C@H]3C[C@H](OC(=O)Nc3cc(Cl)cc(Cl)c3)[C@]12C. The van der Waals surface area contributed by atoms with E-state index >= 15 is 0 Å². The third-order valence-electron chi connectivity index (χ3n) is 13.5. The lowest BCUT2D eigenvalue weighted by Gasteiger charge is -2.62. The molecule has 0 radical (unpaired) electrons. The van der Waals surface area contributed by atoms with Crippen LogP contribution < -0.4 is 16.0 Å². The lowest BCUT2D eigenvalue weighted by molar-refractivity contribution is -0.174. The van der Waals surface area contributed by atoms with Crippen LogP contribution in [0.15, 0.2) is 49.1 Å². The number of carbonyl (C=O) groups is 3. The molecule has 2 aromatic rings. The second kappa shape index (κ2) is 16.6. The molecule has 0 spiro atoms. The number of hydrogen-bond acceptors (Lipinski definition) is 5. The molecule has 0 saturated heterocycles. The van der Waals surface area contributed by atoms with Crippen molar-refractivity contribution in [2.45, 2.75) is 97.2 Å². The Kier molecular flexibility index (Phi) is 12.5. The van der Waals surface area contributed by atoms with Crippen molar-refractivity contribution in [1.82, 2.24) is 5.32 Å². The minimum Gasteiger partial charge on any atom is -0.446 e. The molecular formula is C41H51Cl4N3O5. The fourth-order valence-corrected chi connectivity index (χ4v) is 12.1. The number of ether oxygens (including phenoxy) is 2. The quantitative estimate of drug-likeness (QED) is 0.207. The Labute approximate surface area is 333 Å². The minimum atomic E-state index is -0.518. The lowest BCUT2D eigenvalue weighted by atomic mass is 9.43. The molecule has 4 saturated carbocycles. The van der Waals surface area contributed by atoms with Crippen molar-refractivity contribution in [2.24, 2.45) is 46.3 Å². The van der Waals surface area contributed by atoms with Gasteiger partial charge in [-0.1, -0.05) is 73.3 Å². The third-order valence-corrected chi connectivity index (χ3v) is 14.3. The van der Waals surface area contributed by atoms with Crippen molar-refractivity contribution < 1.29 is 23.9 Å². The van der Waals surface area contributed by atoms with Crippen LogP contribution in [0.3, 0.4) is 0 Å². The Morgan fingerprint density at radius 1 is 0.830 bits per heavy atom. The van der Waals surface area contributed by atoms with Gasteiger partial charge in [-0.15, -0.1) is 6.58 Å². The van der Waals surface area contributed by atoms with E-state index in [2.05, 4.69) is 43.3 Å². The van der Waals surface area contributed by atoms with E-state index in [1.54, 1.807) is 42.5 Å². The normalized spacial score (nSPS) is 32.2. The summed E-state index contributed by atoms with van der Waals surface area (Å²) in [6.45, 7) is 11.2. The lowest BCUT2D eigenvalue weighted by Crippen LogP contribution is -2.60. The van der Waals surface area contributed by atoms with Crippen LogP contribution in [-0.2, 0) is 14.3 Å². The van der Waals surface area contributed by atoms with Crippen LogP contribution in [0.2, 0.25) is 20.1 Å². The van der Waals surface area contributed by atoms with Crippen molar-refractivity contribution in [3.63, 3.8) is 0 Å². The molecule has 2 aromatic carbocycles. The Balaban J connectivity index is 1.20. The molecule has 8 nitrogen and oxygen atoms in total. The molecule has 3 amide bonds. The second-order valence-electron chi connectivity index (χ2n) is 16.3. The molecule has 53 heavy (non-hydrogen) atoms. The summed E-state index contributed by atoms with van der Waals surface area (Å²) in [4.78, 5) is 39.2. The standard InChI is InChI=1S/C41H51Cl4N3O5/c1-5-14-46-37(49)11-6-23(2)33-9-10-34-32-8-7-24-15-31(52-38(50)47-29-18-25(42)16-26(43)19-29)12-13-40(24,3)35(32)22-36(41(33,34)4)53-39(51)48-30-20-27(44)17-28(45)21-30/h5,16-21,23-24,31-36H,1,6-15,22H2,2-4H3,(H,46,49)(H,47,50)(H,48,51)/t23-,24-,31-,32+,33-,34+,35+,36+,40+,41-/m1/s1. The smallest absolute Gasteiger partial charge is 0.411 e. The highest BCUT2D eigenvalue weighted by Crippen LogP contribution is 2.69. The van der Waals surface area contributed by atoms with Gasteiger partial charge in [0, 0.05) is 49.8 Å². The van der Waals surface area contributed by atoms with Gasteiger partial charge in [0.2, 0.25) is 5.91 Å². The molecule has 0 aromatic heterocycles. The topological polar surface area (TPSA) is 106 Å². The number of nitrogens with one attached hydrogen (secondary N) is 3. The van der Waals surface area contributed by atoms with Crippen molar-refractivity contribution >= 4 is 75.9 Å². The number of anilines is 2. The maximum absolute atomic E-state index is 13.7. The number of fused-ring (bicyclic) bond motifs is 5. The fraction of sp³-hybridized carbons (Fsp3) is 0.585. The maximum atomic E-state index is 13.7. The summed E-state index contributed by atoms with van der Waals surface area (Å²) in [5.74, 6) is 2.19. The summed E-state index contributed by atoms with van der Waals surface area (Å²) < 4.78 is 12.5. The molecule has 0 heterocycles. The van der Waals surface area contributed by atoms with E-state index in [0.717, 1.165) is 57.8 Å². The van der Waals surface area contributed by atoms with Gasteiger partial charge in [-0.2, -0.15) is 0 Å². The van der Waals surface area contributed by atoms with Crippen molar-refractivity contribution in [3.05, 3.63) is 69.1 Å². The monoisotopic (exact) mass is 805 g/mol. The zero-order valence-electron chi connectivity index (χ0n) is 30.7. The molecule has 0 unspecified atom stereocenters. The van der Waals surface area contributed by atoms with Gasteiger partial charge >= 0.3 is 12.2 Å². The molecule has 12 heteroatoms. The van der Waals surface area contributed by atoms with Crippen LogP contribution in [0.25, 0.3) is 0 Å². The first-order chi connectivity index (χ1) is 25.2. The van der Waals surface area contributed by atoms with Crippen molar-refractivity contribution in [2.75, 3.05) is 17.2 Å². The second-order valence-corrected chi connectivity index (χ2v) is 18.1. The van der Waals surface area contributed by atoms with E-state index < -0.39 is 12.2 Å². The van der Waals surface area contributed by atoms with Gasteiger partial charge in [-0.05, 0) is 135 Å². The molecule has 4 aliphatic rings. The Morgan fingerprint density at radius 3 is 2.04 bits per heavy atom. The van der Waals surface area contributed by atoms with Crippen LogP contribution >= 0.6 is 46.4 Å². The summed E-state index contributed by atoms with van der Waals surface area (Å²) >= 11 is 24.8. The summed E-state index contributed by atoms with van der Waals surface area (Å²) in [7, 11) is 0. The zero-order valence-corrected chi connectivity index (χ0v) is 33.7. The third kappa shape index (κ3) is 8.77. The first kappa shape index (κ1) is 40.0. The Hall–Kier alpha value is -2.65. The molecule has 288 valence electrons. The summed E-state index contributed by atoms with van der Waals surface area (Å²) in [5, 5.41) is 10.3. The molecule has 4 fully saturated rings. The summed E-state index contributed by atoms with van der Waals surface area (Å²) in [6.07, 6.45) is 8.86. The fourth-order valence-electron chi connectivity index (χ4n) is 11.1. The maximum Gasteiger partial charge on any atom is 0.411 e. The number of carbonyl (C=O) groups excluding carboxylic acids is 3. The Bertz CT molecular complexity index is 1670. The van der Waals surface area contributed by atoms with Crippen LogP contribution in [-0.4, -0.2) is 36.8 Å². The number of halogens is 4. The largest absolute Gasteiger partial charge is 0.446 e. The highest BCUT2D eigenvalue weighted by molar-refractivity contribution is 6.35. The van der Waals surface area contributed by atoms with E-state index in [9.17, 15) is 14.4 Å². The molecule has 10 atom stereocenters. The first-order valence-electron chi connectivity index (χ1n) is 18.9. The minimum absolute atomic E-state index is 0.00652. The van der Waals surface area contributed by atoms with Gasteiger partial charge in [0.25, 0.3) is 0 Å².